The Morgan fingerprint density at radius 3 is 2.59 bits per heavy atom. The highest BCUT2D eigenvalue weighted by Gasteiger charge is 2.14. The van der Waals surface area contributed by atoms with Crippen LogP contribution in [0.3, 0.4) is 0 Å². The standard InChI is InChI=1S/C21H23N3O3/c1-13-8-9-17(14(2)10-13)23-21(26)24-20(25)12-22-15(3)19-11-16-6-4-5-7-18(16)27-19/h4-11,15,22H,12H2,1-3H3,(H2,23,24,25,26). The summed E-state index contributed by atoms with van der Waals surface area (Å²) < 4.78 is 5.77. The number of benzene rings is 2. The van der Waals surface area contributed by atoms with Gasteiger partial charge in [-0.3, -0.25) is 15.4 Å². The van der Waals surface area contributed by atoms with Crippen molar-refractivity contribution >= 4 is 28.6 Å². The van der Waals surface area contributed by atoms with Crippen molar-refractivity contribution in [3.05, 3.63) is 65.4 Å². The summed E-state index contributed by atoms with van der Waals surface area (Å²) in [6.45, 7) is 5.79. The maximum Gasteiger partial charge on any atom is 0.325 e. The predicted molar refractivity (Wildman–Crippen MR) is 106 cm³/mol. The van der Waals surface area contributed by atoms with E-state index in [1.54, 1.807) is 0 Å². The maximum atomic E-state index is 12.0. The quantitative estimate of drug-likeness (QED) is 0.637. The van der Waals surface area contributed by atoms with Crippen LogP contribution in [-0.2, 0) is 4.79 Å². The third kappa shape index (κ3) is 4.74. The number of nitrogens with one attached hydrogen (secondary N) is 3. The number of anilines is 1. The van der Waals surface area contributed by atoms with Gasteiger partial charge in [0.25, 0.3) is 0 Å². The van der Waals surface area contributed by atoms with Crippen molar-refractivity contribution in [1.29, 1.82) is 0 Å². The van der Waals surface area contributed by atoms with Gasteiger partial charge in [0.05, 0.1) is 12.6 Å². The fourth-order valence-electron chi connectivity index (χ4n) is 2.84. The number of amides is 3. The summed E-state index contributed by atoms with van der Waals surface area (Å²) in [4.78, 5) is 24.0. The number of aryl methyl sites for hydroxylation is 2. The largest absolute Gasteiger partial charge is 0.459 e. The topological polar surface area (TPSA) is 83.4 Å². The Morgan fingerprint density at radius 2 is 1.85 bits per heavy atom. The van der Waals surface area contributed by atoms with Gasteiger partial charge in [-0.05, 0) is 44.5 Å². The SMILES string of the molecule is Cc1ccc(NC(=O)NC(=O)CNC(C)c2cc3ccccc3o2)c(C)c1. The third-order valence-electron chi connectivity index (χ3n) is 4.32. The summed E-state index contributed by atoms with van der Waals surface area (Å²) in [6, 6.07) is 14.6. The van der Waals surface area contributed by atoms with Gasteiger partial charge in [0, 0.05) is 11.1 Å². The first-order valence-electron chi connectivity index (χ1n) is 8.82. The number of para-hydroxylation sites is 1. The number of rotatable bonds is 5. The number of fused-ring (bicyclic) bond motifs is 1. The van der Waals surface area contributed by atoms with Crippen LogP contribution in [0.25, 0.3) is 11.0 Å². The number of hydrogen-bond acceptors (Lipinski definition) is 4. The van der Waals surface area contributed by atoms with E-state index < -0.39 is 11.9 Å². The Bertz CT molecular complexity index is 945. The lowest BCUT2D eigenvalue weighted by Crippen LogP contribution is -2.40. The second-order valence-electron chi connectivity index (χ2n) is 6.61. The van der Waals surface area contributed by atoms with Gasteiger partial charge in [-0.25, -0.2) is 4.79 Å². The highest BCUT2D eigenvalue weighted by atomic mass is 16.3. The van der Waals surface area contributed by atoms with E-state index in [4.69, 9.17) is 4.42 Å². The molecule has 2 aromatic carbocycles. The van der Waals surface area contributed by atoms with E-state index >= 15 is 0 Å². The van der Waals surface area contributed by atoms with Gasteiger partial charge in [-0.15, -0.1) is 0 Å². The fraction of sp³-hybridized carbons (Fsp3) is 0.238. The van der Waals surface area contributed by atoms with Crippen LogP contribution in [-0.4, -0.2) is 18.5 Å². The van der Waals surface area contributed by atoms with E-state index in [-0.39, 0.29) is 12.6 Å². The van der Waals surface area contributed by atoms with Crippen molar-refractivity contribution in [2.24, 2.45) is 0 Å². The number of furan rings is 1. The minimum absolute atomic E-state index is 0.00148. The first kappa shape index (κ1) is 18.7. The van der Waals surface area contributed by atoms with Gasteiger partial charge < -0.3 is 9.73 Å². The second kappa shape index (κ2) is 8.05. The average molecular weight is 365 g/mol. The number of imide groups is 1. The van der Waals surface area contributed by atoms with Crippen molar-refractivity contribution in [3.63, 3.8) is 0 Å². The van der Waals surface area contributed by atoms with Crippen molar-refractivity contribution in [2.45, 2.75) is 26.8 Å². The van der Waals surface area contributed by atoms with Gasteiger partial charge in [0.2, 0.25) is 5.91 Å². The fourth-order valence-corrected chi connectivity index (χ4v) is 2.84. The van der Waals surface area contributed by atoms with Gasteiger partial charge in [-0.2, -0.15) is 0 Å². The lowest BCUT2D eigenvalue weighted by Gasteiger charge is -2.12. The van der Waals surface area contributed by atoms with Crippen LogP contribution in [0.1, 0.15) is 29.9 Å². The van der Waals surface area contributed by atoms with Crippen LogP contribution in [0.4, 0.5) is 10.5 Å². The van der Waals surface area contributed by atoms with Crippen molar-refractivity contribution < 1.29 is 14.0 Å². The first-order valence-corrected chi connectivity index (χ1v) is 8.82. The minimum Gasteiger partial charge on any atom is -0.459 e. The Morgan fingerprint density at radius 1 is 1.07 bits per heavy atom. The lowest BCUT2D eigenvalue weighted by atomic mass is 10.1. The predicted octanol–water partition coefficient (Wildman–Crippen LogP) is 4.05. The van der Waals surface area contributed by atoms with Crippen LogP contribution in [0.15, 0.2) is 52.9 Å². The molecule has 0 bridgehead atoms. The van der Waals surface area contributed by atoms with E-state index in [1.165, 1.54) is 0 Å². The molecule has 3 aromatic rings. The zero-order valence-electron chi connectivity index (χ0n) is 15.6. The van der Waals surface area contributed by atoms with Crippen LogP contribution in [0.5, 0.6) is 0 Å². The molecule has 0 radical (unpaired) electrons. The van der Waals surface area contributed by atoms with Crippen LogP contribution in [0.2, 0.25) is 0 Å². The molecule has 0 saturated heterocycles. The molecule has 3 rings (SSSR count). The number of carbonyl (C=O) groups is 2. The molecule has 1 unspecified atom stereocenters. The molecule has 0 saturated carbocycles. The van der Waals surface area contributed by atoms with Gasteiger partial charge in [0.15, 0.2) is 0 Å². The van der Waals surface area contributed by atoms with Gasteiger partial charge in [0.1, 0.15) is 11.3 Å². The molecule has 6 heteroatoms. The zero-order chi connectivity index (χ0) is 19.4. The molecule has 3 N–H and O–H groups in total. The van der Waals surface area contributed by atoms with Gasteiger partial charge >= 0.3 is 6.03 Å². The van der Waals surface area contributed by atoms with Crippen LogP contribution < -0.4 is 16.0 Å². The molecule has 0 spiro atoms. The highest BCUT2D eigenvalue weighted by molar-refractivity contribution is 6.02. The maximum absolute atomic E-state index is 12.0. The van der Waals surface area contributed by atoms with E-state index in [2.05, 4.69) is 16.0 Å². The molecule has 0 aliphatic heterocycles. The Kier molecular flexibility index (Phi) is 5.57. The normalized spacial score (nSPS) is 12.0. The summed E-state index contributed by atoms with van der Waals surface area (Å²) in [5.74, 6) is 0.323. The number of urea groups is 1. The minimum atomic E-state index is -0.551. The summed E-state index contributed by atoms with van der Waals surface area (Å²) >= 11 is 0. The summed E-state index contributed by atoms with van der Waals surface area (Å²) in [5, 5.41) is 9.08. The molecule has 3 amide bonds. The smallest absolute Gasteiger partial charge is 0.325 e. The van der Waals surface area contributed by atoms with E-state index in [0.717, 1.165) is 27.9 Å². The summed E-state index contributed by atoms with van der Waals surface area (Å²) in [6.07, 6.45) is 0. The molecule has 6 nitrogen and oxygen atoms in total. The average Bonchev–Trinajstić information content (AvgIpc) is 3.06. The molecule has 1 aromatic heterocycles. The van der Waals surface area contributed by atoms with Crippen molar-refractivity contribution in [2.75, 3.05) is 11.9 Å². The lowest BCUT2D eigenvalue weighted by molar-refractivity contribution is -0.119. The van der Waals surface area contributed by atoms with Crippen molar-refractivity contribution in [3.8, 4) is 0 Å². The molecule has 140 valence electrons. The Labute approximate surface area is 157 Å². The molecular weight excluding hydrogens is 342 g/mol. The van der Waals surface area contributed by atoms with E-state index in [0.29, 0.717) is 5.69 Å². The first-order chi connectivity index (χ1) is 12.9. The Balaban J connectivity index is 1.50. The molecule has 1 heterocycles. The molecule has 0 aliphatic carbocycles. The number of carbonyl (C=O) groups excluding carboxylic acids is 2. The molecular formula is C21H23N3O3. The zero-order valence-corrected chi connectivity index (χ0v) is 15.6. The monoisotopic (exact) mass is 365 g/mol. The Hall–Kier alpha value is -3.12. The summed E-state index contributed by atoms with van der Waals surface area (Å²) in [5.41, 5.74) is 3.53. The van der Waals surface area contributed by atoms with Gasteiger partial charge in [-0.1, -0.05) is 35.9 Å². The third-order valence-corrected chi connectivity index (χ3v) is 4.32. The van der Waals surface area contributed by atoms with Crippen LogP contribution in [0, 0.1) is 13.8 Å². The second-order valence-corrected chi connectivity index (χ2v) is 6.61. The molecule has 27 heavy (non-hydrogen) atoms. The highest BCUT2D eigenvalue weighted by Crippen LogP contribution is 2.23. The number of hydrogen-bond donors (Lipinski definition) is 3. The van der Waals surface area contributed by atoms with Crippen LogP contribution >= 0.6 is 0 Å². The van der Waals surface area contributed by atoms with Crippen molar-refractivity contribution in [1.82, 2.24) is 10.6 Å². The van der Waals surface area contributed by atoms with E-state index in [1.807, 2.05) is 69.3 Å². The van der Waals surface area contributed by atoms with E-state index in [9.17, 15) is 9.59 Å². The molecule has 1 atom stereocenters. The summed E-state index contributed by atoms with van der Waals surface area (Å²) in [7, 11) is 0. The molecule has 0 fully saturated rings. The molecule has 0 aliphatic rings.